The smallest absolute Gasteiger partial charge is 0.389 e. The Hall–Kier alpha value is -2.56. The lowest BCUT2D eigenvalue weighted by Gasteiger charge is -2.16. The number of nitrogens with one attached hydrogen (secondary N) is 2. The molecule has 0 saturated carbocycles. The normalized spacial score (nSPS) is 12.2. The average molecular weight is 437 g/mol. The standard InChI is InChI=1S/C20H22F3N5OS/c1-12-6-13(15-9-26-17(30-15)10-24-11-19(2,3)29)8-14(7-12)27-18-25-5-4-16(28-18)20(21,22)23/h4-9,24,29H,10-11H2,1-3H3,(H,25,27,28). The van der Waals surface area contributed by atoms with E-state index in [9.17, 15) is 18.3 Å². The SMILES string of the molecule is Cc1cc(Nc2nccc(C(F)(F)F)n2)cc(-c2cnc(CNCC(C)(C)O)s2)c1. The van der Waals surface area contributed by atoms with Crippen molar-refractivity contribution < 1.29 is 18.3 Å². The number of anilines is 2. The summed E-state index contributed by atoms with van der Waals surface area (Å²) in [6.45, 7) is 6.32. The van der Waals surface area contributed by atoms with Crippen molar-refractivity contribution in [3.63, 3.8) is 0 Å². The maximum absolute atomic E-state index is 12.9. The maximum atomic E-state index is 12.9. The van der Waals surface area contributed by atoms with Crippen LogP contribution in [0.4, 0.5) is 24.8 Å². The first kappa shape index (κ1) is 22.1. The zero-order valence-corrected chi connectivity index (χ0v) is 17.5. The predicted octanol–water partition coefficient (Wildman–Crippen LogP) is 4.53. The fourth-order valence-electron chi connectivity index (χ4n) is 2.70. The summed E-state index contributed by atoms with van der Waals surface area (Å²) in [5.41, 5.74) is 0.591. The minimum absolute atomic E-state index is 0.123. The van der Waals surface area contributed by atoms with Gasteiger partial charge in [-0.25, -0.2) is 15.0 Å². The van der Waals surface area contributed by atoms with E-state index in [0.29, 0.717) is 18.8 Å². The Bertz CT molecular complexity index is 1010. The number of aliphatic hydroxyl groups is 1. The summed E-state index contributed by atoms with van der Waals surface area (Å²) in [6.07, 6.45) is -1.70. The van der Waals surface area contributed by atoms with Crippen molar-refractivity contribution in [3.8, 4) is 10.4 Å². The molecular formula is C20H22F3N5OS. The highest BCUT2D eigenvalue weighted by Crippen LogP contribution is 2.31. The van der Waals surface area contributed by atoms with Gasteiger partial charge in [-0.05, 0) is 50.1 Å². The first-order valence-electron chi connectivity index (χ1n) is 9.17. The Balaban J connectivity index is 1.76. The lowest BCUT2D eigenvalue weighted by molar-refractivity contribution is -0.141. The lowest BCUT2D eigenvalue weighted by Crippen LogP contribution is -2.34. The molecule has 0 radical (unpaired) electrons. The van der Waals surface area contributed by atoms with Gasteiger partial charge in [-0.3, -0.25) is 0 Å². The molecule has 0 aliphatic rings. The van der Waals surface area contributed by atoms with Gasteiger partial charge in [-0.1, -0.05) is 6.07 Å². The van der Waals surface area contributed by atoms with Crippen LogP contribution in [0.1, 0.15) is 30.1 Å². The number of hydrogen-bond acceptors (Lipinski definition) is 7. The van der Waals surface area contributed by atoms with Crippen molar-refractivity contribution in [2.45, 2.75) is 39.1 Å². The van der Waals surface area contributed by atoms with Crippen LogP contribution in [-0.4, -0.2) is 32.2 Å². The molecule has 10 heteroatoms. The topological polar surface area (TPSA) is 83.0 Å². The summed E-state index contributed by atoms with van der Waals surface area (Å²) < 4.78 is 38.6. The monoisotopic (exact) mass is 437 g/mol. The Labute approximate surface area is 176 Å². The highest BCUT2D eigenvalue weighted by atomic mass is 32.1. The summed E-state index contributed by atoms with van der Waals surface area (Å²) in [4.78, 5) is 12.7. The molecule has 0 bridgehead atoms. The number of aromatic nitrogens is 3. The van der Waals surface area contributed by atoms with Crippen LogP contribution >= 0.6 is 11.3 Å². The van der Waals surface area contributed by atoms with Crippen molar-refractivity contribution in [2.24, 2.45) is 0 Å². The number of hydrogen-bond donors (Lipinski definition) is 3. The Kier molecular flexibility index (Phi) is 6.39. The highest BCUT2D eigenvalue weighted by molar-refractivity contribution is 7.15. The second-order valence-corrected chi connectivity index (χ2v) is 8.63. The molecule has 0 spiro atoms. The van der Waals surface area contributed by atoms with E-state index in [2.05, 4.69) is 25.6 Å². The third kappa shape index (κ3) is 6.22. The molecule has 0 aliphatic heterocycles. The molecule has 2 heterocycles. The summed E-state index contributed by atoms with van der Waals surface area (Å²) >= 11 is 1.50. The van der Waals surface area contributed by atoms with Gasteiger partial charge in [-0.15, -0.1) is 11.3 Å². The van der Waals surface area contributed by atoms with E-state index in [4.69, 9.17) is 0 Å². The number of halogens is 3. The molecule has 0 amide bonds. The molecule has 0 fully saturated rings. The number of thiazole rings is 1. The fourth-order valence-corrected chi connectivity index (χ4v) is 3.58. The summed E-state index contributed by atoms with van der Waals surface area (Å²) in [5, 5.41) is 16.6. The minimum Gasteiger partial charge on any atom is -0.389 e. The van der Waals surface area contributed by atoms with E-state index in [0.717, 1.165) is 33.3 Å². The van der Waals surface area contributed by atoms with Crippen LogP contribution in [0.3, 0.4) is 0 Å². The van der Waals surface area contributed by atoms with E-state index in [1.807, 2.05) is 19.1 Å². The number of alkyl halides is 3. The minimum atomic E-state index is -4.53. The Morgan fingerprint density at radius 3 is 2.60 bits per heavy atom. The second-order valence-electron chi connectivity index (χ2n) is 7.51. The highest BCUT2D eigenvalue weighted by Gasteiger charge is 2.32. The molecule has 6 nitrogen and oxygen atoms in total. The lowest BCUT2D eigenvalue weighted by atomic mass is 10.1. The van der Waals surface area contributed by atoms with E-state index >= 15 is 0 Å². The molecule has 0 unspecified atom stereocenters. The largest absolute Gasteiger partial charge is 0.433 e. The van der Waals surface area contributed by atoms with Gasteiger partial charge < -0.3 is 15.7 Å². The maximum Gasteiger partial charge on any atom is 0.433 e. The van der Waals surface area contributed by atoms with Gasteiger partial charge in [0.15, 0.2) is 0 Å². The fraction of sp³-hybridized carbons (Fsp3) is 0.350. The Morgan fingerprint density at radius 1 is 1.13 bits per heavy atom. The van der Waals surface area contributed by atoms with Gasteiger partial charge in [0.1, 0.15) is 10.7 Å². The van der Waals surface area contributed by atoms with E-state index in [-0.39, 0.29) is 5.95 Å². The van der Waals surface area contributed by atoms with Crippen LogP contribution in [0.15, 0.2) is 36.7 Å². The molecular weight excluding hydrogens is 415 g/mol. The van der Waals surface area contributed by atoms with Crippen LogP contribution in [0.2, 0.25) is 0 Å². The number of rotatable bonds is 7. The van der Waals surface area contributed by atoms with Gasteiger partial charge in [0, 0.05) is 31.2 Å². The molecule has 3 rings (SSSR count). The molecule has 30 heavy (non-hydrogen) atoms. The van der Waals surface area contributed by atoms with Crippen LogP contribution in [-0.2, 0) is 12.7 Å². The first-order valence-corrected chi connectivity index (χ1v) is 9.98. The van der Waals surface area contributed by atoms with E-state index in [1.54, 1.807) is 26.1 Å². The van der Waals surface area contributed by atoms with Crippen LogP contribution in [0, 0.1) is 6.92 Å². The van der Waals surface area contributed by atoms with Crippen molar-refractivity contribution >= 4 is 23.0 Å². The molecule has 0 atom stereocenters. The molecule has 1 aromatic carbocycles. The summed E-state index contributed by atoms with van der Waals surface area (Å²) in [5.74, 6) is -0.123. The summed E-state index contributed by atoms with van der Waals surface area (Å²) in [7, 11) is 0. The molecule has 160 valence electrons. The number of aryl methyl sites for hydroxylation is 1. The van der Waals surface area contributed by atoms with Gasteiger partial charge >= 0.3 is 6.18 Å². The van der Waals surface area contributed by atoms with Crippen LogP contribution in [0.5, 0.6) is 0 Å². The quantitative estimate of drug-likeness (QED) is 0.504. The predicted molar refractivity (Wildman–Crippen MR) is 111 cm³/mol. The van der Waals surface area contributed by atoms with E-state index in [1.165, 1.54) is 11.3 Å². The van der Waals surface area contributed by atoms with Crippen molar-refractivity contribution in [2.75, 3.05) is 11.9 Å². The van der Waals surface area contributed by atoms with Crippen molar-refractivity contribution in [3.05, 3.63) is 52.9 Å². The Morgan fingerprint density at radius 2 is 1.90 bits per heavy atom. The van der Waals surface area contributed by atoms with Gasteiger partial charge in [-0.2, -0.15) is 13.2 Å². The van der Waals surface area contributed by atoms with Crippen LogP contribution in [0.25, 0.3) is 10.4 Å². The first-order chi connectivity index (χ1) is 14.0. The molecule has 2 aromatic heterocycles. The van der Waals surface area contributed by atoms with Gasteiger partial charge in [0.25, 0.3) is 0 Å². The number of nitrogens with zero attached hydrogens (tertiary/aromatic N) is 3. The van der Waals surface area contributed by atoms with E-state index < -0.39 is 17.5 Å². The third-order valence-electron chi connectivity index (χ3n) is 3.95. The van der Waals surface area contributed by atoms with Crippen molar-refractivity contribution in [1.29, 1.82) is 0 Å². The second kappa shape index (κ2) is 8.66. The van der Waals surface area contributed by atoms with Gasteiger partial charge in [0.05, 0.1) is 10.5 Å². The molecule has 3 N–H and O–H groups in total. The number of benzene rings is 1. The van der Waals surface area contributed by atoms with Crippen LogP contribution < -0.4 is 10.6 Å². The third-order valence-corrected chi connectivity index (χ3v) is 5.00. The molecule has 0 saturated heterocycles. The van der Waals surface area contributed by atoms with Crippen molar-refractivity contribution in [1.82, 2.24) is 20.3 Å². The van der Waals surface area contributed by atoms with Gasteiger partial charge in [0.2, 0.25) is 5.95 Å². The molecule has 0 aliphatic carbocycles. The molecule has 3 aromatic rings. The zero-order valence-electron chi connectivity index (χ0n) is 16.7. The average Bonchev–Trinajstić information content (AvgIpc) is 3.08. The zero-order chi connectivity index (χ0) is 21.9. The summed E-state index contributed by atoms with van der Waals surface area (Å²) in [6, 6.07) is 6.43.